The molecule has 10 heteroatoms. The van der Waals surface area contributed by atoms with Crippen molar-refractivity contribution in [1.29, 1.82) is 0 Å². The number of nitrogen functional groups attached to an aromatic ring is 1. The van der Waals surface area contributed by atoms with E-state index in [1.165, 1.54) is 30.2 Å². The van der Waals surface area contributed by atoms with Crippen LogP contribution in [-0.4, -0.2) is 26.8 Å². The van der Waals surface area contributed by atoms with Crippen molar-refractivity contribution in [2.45, 2.75) is 19.1 Å². The van der Waals surface area contributed by atoms with Crippen molar-refractivity contribution in [3.63, 3.8) is 0 Å². The summed E-state index contributed by atoms with van der Waals surface area (Å²) in [7, 11) is 1.50. The summed E-state index contributed by atoms with van der Waals surface area (Å²) >= 11 is 0.811. The molecule has 2 aromatic heterocycles. The largest absolute Gasteiger partial charge is 0.415 e. The number of aryl methyl sites for hydroxylation is 2. The average molecular weight is 319 g/mol. The minimum absolute atomic E-state index is 0.00469. The summed E-state index contributed by atoms with van der Waals surface area (Å²) in [4.78, 5) is 15.7. The Kier molecular flexibility index (Phi) is 3.90. The van der Waals surface area contributed by atoms with Gasteiger partial charge in [0, 0.05) is 18.6 Å². The third-order valence-corrected chi connectivity index (χ3v) is 3.64. The van der Waals surface area contributed by atoms with Gasteiger partial charge in [-0.05, 0) is 6.92 Å². The first kappa shape index (κ1) is 15.3. The number of rotatable bonds is 3. The monoisotopic (exact) mass is 319 g/mol. The molecule has 1 amide bonds. The van der Waals surface area contributed by atoms with Crippen LogP contribution in [0.1, 0.15) is 27.1 Å². The van der Waals surface area contributed by atoms with Crippen molar-refractivity contribution in [2.24, 2.45) is 7.05 Å². The number of nitrogens with one attached hydrogen (secondary N) is 1. The topological polar surface area (TPSA) is 85.8 Å². The van der Waals surface area contributed by atoms with Crippen molar-refractivity contribution >= 4 is 23.1 Å². The molecule has 114 valence electrons. The van der Waals surface area contributed by atoms with Gasteiger partial charge in [-0.2, -0.15) is 18.3 Å². The molecule has 0 aromatic carbocycles. The van der Waals surface area contributed by atoms with Crippen molar-refractivity contribution in [2.75, 3.05) is 5.73 Å². The maximum atomic E-state index is 13.1. The van der Waals surface area contributed by atoms with Crippen LogP contribution in [-0.2, 0) is 7.05 Å². The predicted molar refractivity (Wildman–Crippen MR) is 70.7 cm³/mol. The highest BCUT2D eigenvalue weighted by Crippen LogP contribution is 2.34. The van der Waals surface area contributed by atoms with E-state index in [0.29, 0.717) is 0 Å². The molecule has 0 fully saturated rings. The molecule has 0 saturated carbocycles. The summed E-state index contributed by atoms with van der Waals surface area (Å²) in [6.07, 6.45) is -3.41. The first-order valence-corrected chi connectivity index (χ1v) is 6.65. The van der Waals surface area contributed by atoms with Gasteiger partial charge in [-0.3, -0.25) is 9.48 Å². The van der Waals surface area contributed by atoms with E-state index >= 15 is 0 Å². The zero-order valence-electron chi connectivity index (χ0n) is 11.1. The van der Waals surface area contributed by atoms with Crippen LogP contribution in [0.2, 0.25) is 0 Å². The number of aromatic nitrogens is 3. The van der Waals surface area contributed by atoms with Gasteiger partial charge in [0.1, 0.15) is 16.4 Å². The highest BCUT2D eigenvalue weighted by Gasteiger charge is 2.44. The number of carbonyl (C=O) groups is 1. The number of nitrogens with zero attached hydrogens (tertiary/aromatic N) is 3. The fourth-order valence-electron chi connectivity index (χ4n) is 1.82. The Morgan fingerprint density at radius 1 is 1.52 bits per heavy atom. The lowest BCUT2D eigenvalue weighted by atomic mass is 10.2. The fraction of sp³-hybridized carbons (Fsp3) is 0.364. The maximum Gasteiger partial charge on any atom is 0.415 e. The SMILES string of the molecule is Cc1nn(C)c(N)c1C(=O)NC(c1nccs1)C(F)(F)F. The summed E-state index contributed by atoms with van der Waals surface area (Å²) in [5.41, 5.74) is 5.84. The number of hydrogen-bond donors (Lipinski definition) is 2. The molecule has 0 aliphatic rings. The molecule has 0 aliphatic heterocycles. The van der Waals surface area contributed by atoms with Crippen molar-refractivity contribution < 1.29 is 18.0 Å². The molecule has 0 spiro atoms. The van der Waals surface area contributed by atoms with E-state index in [4.69, 9.17) is 5.73 Å². The number of anilines is 1. The lowest BCUT2D eigenvalue weighted by Gasteiger charge is -2.19. The standard InChI is InChI=1S/C11H12F3N5OS/c1-5-6(8(15)19(2)18-5)9(20)17-7(11(12,13)14)10-16-3-4-21-10/h3-4,7H,15H2,1-2H3,(H,17,20). The van der Waals surface area contributed by atoms with Crippen LogP contribution in [0.3, 0.4) is 0 Å². The number of amides is 1. The highest BCUT2D eigenvalue weighted by molar-refractivity contribution is 7.09. The summed E-state index contributed by atoms with van der Waals surface area (Å²) in [6.45, 7) is 1.50. The number of alkyl halides is 3. The quantitative estimate of drug-likeness (QED) is 0.903. The lowest BCUT2D eigenvalue weighted by Crippen LogP contribution is -2.38. The third kappa shape index (κ3) is 2.99. The number of halogens is 3. The summed E-state index contributed by atoms with van der Waals surface area (Å²) < 4.78 is 40.4. The van der Waals surface area contributed by atoms with Crippen molar-refractivity contribution in [3.8, 4) is 0 Å². The van der Waals surface area contributed by atoms with Gasteiger partial charge in [0.05, 0.1) is 5.69 Å². The normalized spacial score (nSPS) is 13.2. The van der Waals surface area contributed by atoms with Crippen LogP contribution in [0.25, 0.3) is 0 Å². The predicted octanol–water partition coefficient (Wildman–Crippen LogP) is 1.80. The Morgan fingerprint density at radius 3 is 2.62 bits per heavy atom. The van der Waals surface area contributed by atoms with Crippen molar-refractivity contribution in [1.82, 2.24) is 20.1 Å². The van der Waals surface area contributed by atoms with Crippen LogP contribution in [0, 0.1) is 6.92 Å². The summed E-state index contributed by atoms with van der Waals surface area (Å²) in [6, 6.07) is -2.18. The fourth-order valence-corrected chi connectivity index (χ4v) is 2.53. The van der Waals surface area contributed by atoms with Crippen molar-refractivity contribution in [3.05, 3.63) is 27.8 Å². The second-order valence-corrected chi connectivity index (χ2v) is 5.21. The Hall–Kier alpha value is -2.10. The molecule has 21 heavy (non-hydrogen) atoms. The maximum absolute atomic E-state index is 13.1. The first-order valence-electron chi connectivity index (χ1n) is 5.78. The second kappa shape index (κ2) is 5.35. The van der Waals surface area contributed by atoms with E-state index in [1.807, 2.05) is 5.32 Å². The van der Waals surface area contributed by atoms with Gasteiger partial charge in [-0.25, -0.2) is 4.98 Å². The summed E-state index contributed by atoms with van der Waals surface area (Å²) in [5.74, 6) is -0.930. The van der Waals surface area contributed by atoms with E-state index in [2.05, 4.69) is 10.1 Å². The van der Waals surface area contributed by atoms with Crippen LogP contribution < -0.4 is 11.1 Å². The molecule has 1 atom stereocenters. The molecular weight excluding hydrogens is 307 g/mol. The molecule has 6 nitrogen and oxygen atoms in total. The van der Waals surface area contributed by atoms with Gasteiger partial charge in [0.15, 0.2) is 6.04 Å². The lowest BCUT2D eigenvalue weighted by molar-refractivity contribution is -0.155. The molecule has 3 N–H and O–H groups in total. The first-order chi connectivity index (χ1) is 9.71. The highest BCUT2D eigenvalue weighted by atomic mass is 32.1. The average Bonchev–Trinajstić information content (AvgIpc) is 2.95. The number of hydrogen-bond acceptors (Lipinski definition) is 5. The Labute approximate surface area is 121 Å². The molecule has 2 aromatic rings. The van der Waals surface area contributed by atoms with E-state index in [1.54, 1.807) is 0 Å². The van der Waals surface area contributed by atoms with Gasteiger partial charge in [-0.15, -0.1) is 11.3 Å². The molecule has 0 radical (unpaired) electrons. The van der Waals surface area contributed by atoms with E-state index in [9.17, 15) is 18.0 Å². The zero-order chi connectivity index (χ0) is 15.8. The van der Waals surface area contributed by atoms with Gasteiger partial charge >= 0.3 is 6.18 Å². The van der Waals surface area contributed by atoms with Gasteiger partial charge in [0.2, 0.25) is 0 Å². The number of nitrogens with two attached hydrogens (primary N) is 1. The molecule has 2 rings (SSSR count). The van der Waals surface area contributed by atoms with Gasteiger partial charge in [-0.1, -0.05) is 0 Å². The van der Waals surface area contributed by atoms with E-state index < -0.39 is 18.1 Å². The van der Waals surface area contributed by atoms with Gasteiger partial charge in [0.25, 0.3) is 5.91 Å². The molecule has 0 aliphatic carbocycles. The number of thiazole rings is 1. The van der Waals surface area contributed by atoms with E-state index in [-0.39, 0.29) is 22.1 Å². The molecule has 0 bridgehead atoms. The number of carbonyl (C=O) groups excluding carboxylic acids is 1. The van der Waals surface area contributed by atoms with Crippen LogP contribution in [0.5, 0.6) is 0 Å². The minimum atomic E-state index is -4.65. The van der Waals surface area contributed by atoms with Crippen LogP contribution >= 0.6 is 11.3 Å². The smallest absolute Gasteiger partial charge is 0.383 e. The van der Waals surface area contributed by atoms with Gasteiger partial charge < -0.3 is 11.1 Å². The molecule has 2 heterocycles. The second-order valence-electron chi connectivity index (χ2n) is 4.29. The van der Waals surface area contributed by atoms with E-state index in [0.717, 1.165) is 11.3 Å². The molecule has 1 unspecified atom stereocenters. The van der Waals surface area contributed by atoms with Crippen LogP contribution in [0.15, 0.2) is 11.6 Å². The summed E-state index contributed by atoms with van der Waals surface area (Å²) in [5, 5.41) is 6.99. The minimum Gasteiger partial charge on any atom is -0.383 e. The molecule has 0 saturated heterocycles. The third-order valence-electron chi connectivity index (χ3n) is 2.79. The zero-order valence-corrected chi connectivity index (χ0v) is 11.9. The molecular formula is C11H12F3N5OS. The Bertz CT molecular complexity index is 650. The Balaban J connectivity index is 2.31. The Morgan fingerprint density at radius 2 is 2.19 bits per heavy atom. The van der Waals surface area contributed by atoms with Crippen LogP contribution in [0.4, 0.5) is 19.0 Å².